The maximum Gasteiger partial charge on any atom is 0.335 e. The lowest BCUT2D eigenvalue weighted by molar-refractivity contribution is 0.0696. The molecule has 0 saturated carbocycles. The summed E-state index contributed by atoms with van der Waals surface area (Å²) in [4.78, 5) is 10.9. The van der Waals surface area contributed by atoms with Gasteiger partial charge >= 0.3 is 5.97 Å². The molecule has 1 aromatic carbocycles. The molecule has 0 fully saturated rings. The molecule has 4 heteroatoms. The van der Waals surface area contributed by atoms with Crippen molar-refractivity contribution >= 4 is 5.97 Å². The Morgan fingerprint density at radius 3 is 2.93 bits per heavy atom. The van der Waals surface area contributed by atoms with Gasteiger partial charge in [-0.25, -0.2) is 4.79 Å². The summed E-state index contributed by atoms with van der Waals surface area (Å²) in [5.74, 6) is 0.222. The van der Waals surface area contributed by atoms with Crippen molar-refractivity contribution in [3.63, 3.8) is 0 Å². The Kier molecular flexibility index (Phi) is 2.26. The summed E-state index contributed by atoms with van der Waals surface area (Å²) >= 11 is 0. The second-order valence-electron chi connectivity index (χ2n) is 3.60. The lowest BCUT2D eigenvalue weighted by atomic mass is 10.1. The minimum atomic E-state index is -0.948. The van der Waals surface area contributed by atoms with Gasteiger partial charge < -0.3 is 14.6 Å². The van der Waals surface area contributed by atoms with E-state index >= 15 is 0 Å². The summed E-state index contributed by atoms with van der Waals surface area (Å²) in [7, 11) is 1.51. The minimum Gasteiger partial charge on any atom is -0.493 e. The zero-order valence-corrected chi connectivity index (χ0v) is 8.61. The molecule has 15 heavy (non-hydrogen) atoms. The smallest absolute Gasteiger partial charge is 0.335 e. The third kappa shape index (κ3) is 1.63. The zero-order valence-electron chi connectivity index (χ0n) is 8.61. The molecule has 1 N–H and O–H groups in total. The van der Waals surface area contributed by atoms with Crippen LogP contribution >= 0.6 is 0 Å². The van der Waals surface area contributed by atoms with Crippen LogP contribution in [0.3, 0.4) is 0 Å². The van der Waals surface area contributed by atoms with E-state index in [2.05, 4.69) is 0 Å². The number of carboxylic acids is 1. The predicted molar refractivity (Wildman–Crippen MR) is 53.7 cm³/mol. The van der Waals surface area contributed by atoms with E-state index in [1.807, 2.05) is 6.92 Å². The van der Waals surface area contributed by atoms with Gasteiger partial charge in [0.25, 0.3) is 0 Å². The van der Waals surface area contributed by atoms with E-state index in [0.29, 0.717) is 11.5 Å². The van der Waals surface area contributed by atoms with Crippen LogP contribution in [0.25, 0.3) is 0 Å². The van der Waals surface area contributed by atoms with Crippen LogP contribution in [0.1, 0.15) is 22.8 Å². The third-order valence-electron chi connectivity index (χ3n) is 2.43. The Hall–Kier alpha value is -1.71. The number of carboxylic acid groups (broad SMARTS) is 1. The largest absolute Gasteiger partial charge is 0.493 e. The highest BCUT2D eigenvalue weighted by molar-refractivity contribution is 5.89. The quantitative estimate of drug-likeness (QED) is 0.803. The van der Waals surface area contributed by atoms with Crippen LogP contribution in [0.2, 0.25) is 0 Å². The molecular formula is C11H12O4. The summed E-state index contributed by atoms with van der Waals surface area (Å²) in [6, 6.07) is 3.13. The Bertz CT molecular complexity index is 411. The van der Waals surface area contributed by atoms with Gasteiger partial charge in [-0.05, 0) is 19.1 Å². The van der Waals surface area contributed by atoms with Crippen LogP contribution in [0.5, 0.6) is 11.5 Å². The van der Waals surface area contributed by atoms with Crippen LogP contribution in [0, 0.1) is 0 Å². The van der Waals surface area contributed by atoms with Gasteiger partial charge in [0, 0.05) is 12.0 Å². The first-order valence-corrected chi connectivity index (χ1v) is 4.72. The highest BCUT2D eigenvalue weighted by Crippen LogP contribution is 2.38. The number of rotatable bonds is 2. The number of carbonyl (C=O) groups is 1. The van der Waals surface area contributed by atoms with Crippen LogP contribution in [0.15, 0.2) is 12.1 Å². The van der Waals surface area contributed by atoms with E-state index in [1.165, 1.54) is 13.2 Å². The highest BCUT2D eigenvalue weighted by Gasteiger charge is 2.24. The lowest BCUT2D eigenvalue weighted by Gasteiger charge is -2.08. The number of benzene rings is 1. The van der Waals surface area contributed by atoms with E-state index in [-0.39, 0.29) is 11.7 Å². The average Bonchev–Trinajstić information content (AvgIpc) is 2.56. The van der Waals surface area contributed by atoms with Crippen molar-refractivity contribution in [3.8, 4) is 11.5 Å². The fraction of sp³-hybridized carbons (Fsp3) is 0.364. The second kappa shape index (κ2) is 3.46. The monoisotopic (exact) mass is 208 g/mol. The molecule has 80 valence electrons. The van der Waals surface area contributed by atoms with Crippen LogP contribution in [-0.4, -0.2) is 24.3 Å². The molecule has 2 rings (SSSR count). The number of fused-ring (bicyclic) bond motifs is 1. The van der Waals surface area contributed by atoms with Crippen LogP contribution < -0.4 is 9.47 Å². The molecule has 0 unspecified atom stereocenters. The molecule has 1 heterocycles. The summed E-state index contributed by atoms with van der Waals surface area (Å²) in [5.41, 5.74) is 1.14. The number of methoxy groups -OCH3 is 1. The Balaban J connectivity index is 2.52. The Morgan fingerprint density at radius 2 is 2.33 bits per heavy atom. The van der Waals surface area contributed by atoms with Gasteiger partial charge in [-0.1, -0.05) is 0 Å². The van der Waals surface area contributed by atoms with Crippen molar-refractivity contribution in [2.45, 2.75) is 19.4 Å². The Labute approximate surface area is 87.4 Å². The molecule has 1 atom stereocenters. The molecule has 0 radical (unpaired) electrons. The molecule has 1 aliphatic heterocycles. The topological polar surface area (TPSA) is 55.8 Å². The van der Waals surface area contributed by atoms with Gasteiger partial charge in [0.1, 0.15) is 6.10 Å². The molecule has 1 aliphatic rings. The van der Waals surface area contributed by atoms with E-state index in [4.69, 9.17) is 14.6 Å². The van der Waals surface area contributed by atoms with Crippen molar-refractivity contribution in [2.75, 3.05) is 7.11 Å². The molecule has 0 saturated heterocycles. The van der Waals surface area contributed by atoms with Crippen LogP contribution in [-0.2, 0) is 6.42 Å². The van der Waals surface area contributed by atoms with Gasteiger partial charge in [0.2, 0.25) is 0 Å². The standard InChI is InChI=1S/C11H12O4/c1-6-3-7-4-8(11(12)13)5-9(14-2)10(7)15-6/h4-6H,3H2,1-2H3,(H,12,13)/t6-/m1/s1. The van der Waals surface area contributed by atoms with Gasteiger partial charge in [0.15, 0.2) is 11.5 Å². The fourth-order valence-electron chi connectivity index (χ4n) is 1.77. The predicted octanol–water partition coefficient (Wildman–Crippen LogP) is 1.72. The third-order valence-corrected chi connectivity index (χ3v) is 2.43. The summed E-state index contributed by atoms with van der Waals surface area (Å²) in [6.07, 6.45) is 0.810. The van der Waals surface area contributed by atoms with E-state index < -0.39 is 5.97 Å². The van der Waals surface area contributed by atoms with Crippen LogP contribution in [0.4, 0.5) is 0 Å². The van der Waals surface area contributed by atoms with Gasteiger partial charge in [-0.15, -0.1) is 0 Å². The molecular weight excluding hydrogens is 196 g/mol. The van der Waals surface area contributed by atoms with Crippen molar-refractivity contribution in [3.05, 3.63) is 23.3 Å². The number of ether oxygens (including phenoxy) is 2. The van der Waals surface area contributed by atoms with Gasteiger partial charge in [-0.2, -0.15) is 0 Å². The van der Waals surface area contributed by atoms with Gasteiger partial charge in [0.05, 0.1) is 12.7 Å². The zero-order chi connectivity index (χ0) is 11.0. The molecule has 1 aromatic rings. The van der Waals surface area contributed by atoms with Crippen molar-refractivity contribution < 1.29 is 19.4 Å². The second-order valence-corrected chi connectivity index (χ2v) is 3.60. The van der Waals surface area contributed by atoms with E-state index in [0.717, 1.165) is 12.0 Å². The maximum atomic E-state index is 10.9. The first-order chi connectivity index (χ1) is 7.11. The first-order valence-electron chi connectivity index (χ1n) is 4.72. The highest BCUT2D eigenvalue weighted by atomic mass is 16.5. The summed E-state index contributed by atoms with van der Waals surface area (Å²) in [6.45, 7) is 1.94. The number of aromatic carboxylic acids is 1. The van der Waals surface area contributed by atoms with Crippen molar-refractivity contribution in [1.29, 1.82) is 0 Å². The SMILES string of the molecule is COc1cc(C(=O)O)cc2c1O[C@H](C)C2. The Morgan fingerprint density at radius 1 is 1.60 bits per heavy atom. The molecule has 0 aromatic heterocycles. The number of hydrogen-bond donors (Lipinski definition) is 1. The maximum absolute atomic E-state index is 10.9. The van der Waals surface area contributed by atoms with E-state index in [9.17, 15) is 4.79 Å². The lowest BCUT2D eigenvalue weighted by Crippen LogP contribution is -2.05. The molecule has 0 bridgehead atoms. The normalized spacial score (nSPS) is 18.1. The van der Waals surface area contributed by atoms with Crippen molar-refractivity contribution in [1.82, 2.24) is 0 Å². The number of hydrogen-bond acceptors (Lipinski definition) is 3. The molecule has 0 spiro atoms. The first kappa shape index (κ1) is 9.83. The molecule has 0 amide bonds. The molecule has 0 aliphatic carbocycles. The molecule has 4 nitrogen and oxygen atoms in total. The minimum absolute atomic E-state index is 0.0814. The van der Waals surface area contributed by atoms with E-state index in [1.54, 1.807) is 6.07 Å². The summed E-state index contributed by atoms with van der Waals surface area (Å²) < 4.78 is 10.7. The van der Waals surface area contributed by atoms with Crippen molar-refractivity contribution in [2.24, 2.45) is 0 Å². The average molecular weight is 208 g/mol. The summed E-state index contributed by atoms with van der Waals surface area (Å²) in [5, 5.41) is 8.91. The fourth-order valence-corrected chi connectivity index (χ4v) is 1.77. The van der Waals surface area contributed by atoms with Gasteiger partial charge in [-0.3, -0.25) is 0 Å².